The molecule has 9 heteroatoms. The van der Waals surface area contributed by atoms with Crippen molar-refractivity contribution in [2.24, 2.45) is 4.99 Å². The monoisotopic (exact) mass is 525 g/mol. The van der Waals surface area contributed by atoms with E-state index in [9.17, 15) is 4.39 Å². The molecule has 0 fully saturated rings. The van der Waals surface area contributed by atoms with Crippen LogP contribution in [-0.2, 0) is 25.9 Å². The molecule has 1 aliphatic heterocycles. The molecule has 0 amide bonds. The molecule has 1 aliphatic rings. The fraction of sp³-hybridized carbons (Fsp3) is 0.476. The molecule has 3 N–H and O–H groups in total. The number of nitrogens with zero attached hydrogens (tertiary/aromatic N) is 4. The minimum absolute atomic E-state index is 0. The lowest BCUT2D eigenvalue weighted by Gasteiger charge is -2.11. The summed E-state index contributed by atoms with van der Waals surface area (Å²) in [7, 11) is 0. The van der Waals surface area contributed by atoms with E-state index in [1.54, 1.807) is 0 Å². The predicted octanol–water partition coefficient (Wildman–Crippen LogP) is 3.54. The third-order valence-electron chi connectivity index (χ3n) is 5.33. The Morgan fingerprint density at radius 2 is 2.13 bits per heavy atom. The van der Waals surface area contributed by atoms with E-state index in [4.69, 9.17) is 4.99 Å². The van der Waals surface area contributed by atoms with Crippen LogP contribution in [0, 0.1) is 5.82 Å². The molecule has 1 aromatic carbocycles. The number of aromatic nitrogens is 4. The molecule has 7 nitrogen and oxygen atoms in total. The second-order valence-corrected chi connectivity index (χ2v) is 7.37. The van der Waals surface area contributed by atoms with Gasteiger partial charge in [0.1, 0.15) is 18.2 Å². The zero-order valence-electron chi connectivity index (χ0n) is 17.2. The molecule has 2 aromatic heterocycles. The molecule has 0 bridgehead atoms. The Kier molecular flexibility index (Phi) is 8.06. The maximum absolute atomic E-state index is 13.4. The molecule has 30 heavy (non-hydrogen) atoms. The molecule has 0 aliphatic carbocycles. The van der Waals surface area contributed by atoms with Crippen LogP contribution in [0.1, 0.15) is 43.4 Å². The van der Waals surface area contributed by atoms with Gasteiger partial charge in [0.25, 0.3) is 0 Å². The van der Waals surface area contributed by atoms with Crippen molar-refractivity contribution >= 4 is 40.8 Å². The Bertz CT molecular complexity index is 995. The number of benzene rings is 1. The summed E-state index contributed by atoms with van der Waals surface area (Å²) in [5.74, 6) is 2.56. The molecule has 0 radical (unpaired) electrons. The first kappa shape index (κ1) is 22.5. The fourth-order valence-corrected chi connectivity index (χ4v) is 3.83. The van der Waals surface area contributed by atoms with Crippen LogP contribution >= 0.6 is 24.0 Å². The number of guanidine groups is 1. The van der Waals surface area contributed by atoms with Crippen LogP contribution in [0.25, 0.3) is 10.9 Å². The summed E-state index contributed by atoms with van der Waals surface area (Å²) in [4.78, 5) is 7.84. The summed E-state index contributed by atoms with van der Waals surface area (Å²) in [5, 5.41) is 16.4. The van der Waals surface area contributed by atoms with Gasteiger partial charge in [-0.25, -0.2) is 9.38 Å². The molecular weight excluding hydrogens is 496 g/mol. The highest BCUT2D eigenvalue weighted by Gasteiger charge is 2.14. The Morgan fingerprint density at radius 3 is 3.00 bits per heavy atom. The predicted molar refractivity (Wildman–Crippen MR) is 128 cm³/mol. The molecular formula is C21H29FIN7. The molecule has 3 heterocycles. The zero-order chi connectivity index (χ0) is 20.1. The summed E-state index contributed by atoms with van der Waals surface area (Å²) >= 11 is 0. The molecule has 162 valence electrons. The van der Waals surface area contributed by atoms with Crippen molar-refractivity contribution in [3.8, 4) is 0 Å². The molecule has 0 atom stereocenters. The smallest absolute Gasteiger partial charge is 0.191 e. The third kappa shape index (κ3) is 5.30. The molecule has 0 saturated heterocycles. The highest BCUT2D eigenvalue weighted by molar-refractivity contribution is 14.0. The van der Waals surface area contributed by atoms with Gasteiger partial charge in [-0.05, 0) is 49.9 Å². The van der Waals surface area contributed by atoms with Crippen molar-refractivity contribution in [1.29, 1.82) is 0 Å². The summed E-state index contributed by atoms with van der Waals surface area (Å²) < 4.78 is 15.6. The quantitative estimate of drug-likeness (QED) is 0.261. The lowest BCUT2D eigenvalue weighted by Crippen LogP contribution is -2.38. The van der Waals surface area contributed by atoms with E-state index in [0.29, 0.717) is 6.54 Å². The number of halogens is 2. The van der Waals surface area contributed by atoms with Gasteiger partial charge in [0.05, 0.1) is 0 Å². The normalized spacial score (nSPS) is 14.1. The van der Waals surface area contributed by atoms with Crippen molar-refractivity contribution in [3.05, 3.63) is 47.4 Å². The van der Waals surface area contributed by atoms with Gasteiger partial charge in [0.15, 0.2) is 11.8 Å². The van der Waals surface area contributed by atoms with Gasteiger partial charge >= 0.3 is 0 Å². The van der Waals surface area contributed by atoms with Crippen LogP contribution in [0.3, 0.4) is 0 Å². The Balaban J connectivity index is 0.00000256. The van der Waals surface area contributed by atoms with E-state index in [-0.39, 0.29) is 29.8 Å². The summed E-state index contributed by atoms with van der Waals surface area (Å²) in [5.41, 5.74) is 1.99. The van der Waals surface area contributed by atoms with Crippen LogP contribution in [-0.4, -0.2) is 38.8 Å². The number of nitrogens with one attached hydrogen (secondary N) is 3. The number of hydrogen-bond donors (Lipinski definition) is 3. The van der Waals surface area contributed by atoms with Crippen LogP contribution in [0.5, 0.6) is 0 Å². The zero-order valence-corrected chi connectivity index (χ0v) is 19.6. The van der Waals surface area contributed by atoms with Gasteiger partial charge in [-0.15, -0.1) is 34.2 Å². The van der Waals surface area contributed by atoms with E-state index >= 15 is 0 Å². The highest BCUT2D eigenvalue weighted by Crippen LogP contribution is 2.19. The van der Waals surface area contributed by atoms with Crippen molar-refractivity contribution in [2.45, 2.75) is 52.1 Å². The van der Waals surface area contributed by atoms with E-state index < -0.39 is 0 Å². The van der Waals surface area contributed by atoms with E-state index in [0.717, 1.165) is 66.6 Å². The number of fused-ring (bicyclic) bond motifs is 2. The fourth-order valence-electron chi connectivity index (χ4n) is 3.83. The number of hydrogen-bond acceptors (Lipinski definition) is 3. The van der Waals surface area contributed by atoms with Crippen LogP contribution in [0.2, 0.25) is 0 Å². The SMILES string of the molecule is CCNC(=NCc1nnc2n1CCCCC2)NCCc1c[nH]c2cc(F)ccc12.I. The number of aryl methyl sites for hydroxylation is 1. The first-order valence-corrected chi connectivity index (χ1v) is 10.4. The summed E-state index contributed by atoms with van der Waals surface area (Å²) in [6.07, 6.45) is 7.37. The highest BCUT2D eigenvalue weighted by atomic mass is 127. The van der Waals surface area contributed by atoms with Gasteiger partial charge in [-0.2, -0.15) is 0 Å². The number of aliphatic imine (C=N–C) groups is 1. The molecule has 0 unspecified atom stereocenters. The second-order valence-electron chi connectivity index (χ2n) is 7.37. The van der Waals surface area contributed by atoms with Gasteiger partial charge < -0.3 is 20.2 Å². The molecule has 3 aromatic rings. The largest absolute Gasteiger partial charge is 0.361 e. The third-order valence-corrected chi connectivity index (χ3v) is 5.33. The Labute approximate surface area is 193 Å². The van der Waals surface area contributed by atoms with Gasteiger partial charge in [0, 0.05) is 43.2 Å². The van der Waals surface area contributed by atoms with Crippen LogP contribution < -0.4 is 10.6 Å². The average molecular weight is 525 g/mol. The average Bonchev–Trinajstić information content (AvgIpc) is 3.21. The minimum Gasteiger partial charge on any atom is -0.361 e. The topological polar surface area (TPSA) is 82.9 Å². The van der Waals surface area contributed by atoms with Crippen LogP contribution in [0.15, 0.2) is 29.4 Å². The standard InChI is InChI=1S/C21H28FN7.HI/c1-2-23-21(26-14-20-28-27-19-6-4-3-5-11-29(19)20)24-10-9-15-13-25-18-12-16(22)7-8-17(15)18;/h7-8,12-13,25H,2-6,9-11,14H2,1H3,(H2,23,24,26);1H. The number of rotatable bonds is 6. The van der Waals surface area contributed by atoms with Crippen molar-refractivity contribution in [3.63, 3.8) is 0 Å². The first-order chi connectivity index (χ1) is 14.2. The molecule has 0 saturated carbocycles. The number of H-pyrrole nitrogens is 1. The van der Waals surface area contributed by atoms with E-state index in [2.05, 4.69) is 37.3 Å². The Morgan fingerprint density at radius 1 is 1.23 bits per heavy atom. The first-order valence-electron chi connectivity index (χ1n) is 10.4. The summed E-state index contributed by atoms with van der Waals surface area (Å²) in [6, 6.07) is 4.85. The van der Waals surface area contributed by atoms with Crippen LogP contribution in [0.4, 0.5) is 4.39 Å². The van der Waals surface area contributed by atoms with E-state index in [1.165, 1.54) is 31.4 Å². The molecule has 4 rings (SSSR count). The lowest BCUT2D eigenvalue weighted by molar-refractivity contribution is 0.605. The summed E-state index contributed by atoms with van der Waals surface area (Å²) in [6.45, 7) is 5.06. The van der Waals surface area contributed by atoms with Crippen molar-refractivity contribution in [1.82, 2.24) is 30.4 Å². The minimum atomic E-state index is -0.225. The van der Waals surface area contributed by atoms with Crippen molar-refractivity contribution in [2.75, 3.05) is 13.1 Å². The second kappa shape index (κ2) is 10.7. The molecule has 0 spiro atoms. The Hall–Kier alpha value is -2.17. The number of aromatic amines is 1. The van der Waals surface area contributed by atoms with Gasteiger partial charge in [-0.3, -0.25) is 0 Å². The van der Waals surface area contributed by atoms with Gasteiger partial charge in [-0.1, -0.05) is 6.42 Å². The van der Waals surface area contributed by atoms with Gasteiger partial charge in [0.2, 0.25) is 0 Å². The maximum atomic E-state index is 13.4. The van der Waals surface area contributed by atoms with E-state index in [1.807, 2.05) is 12.3 Å². The lowest BCUT2D eigenvalue weighted by atomic mass is 10.1. The maximum Gasteiger partial charge on any atom is 0.191 e. The van der Waals surface area contributed by atoms with Crippen molar-refractivity contribution < 1.29 is 4.39 Å².